The maximum Gasteiger partial charge on any atom is 0.269 e. The second kappa shape index (κ2) is 10.8. The van der Waals surface area contributed by atoms with Crippen molar-refractivity contribution in [1.29, 1.82) is 5.26 Å². The Hall–Kier alpha value is -2.96. The number of piperidine rings is 1. The van der Waals surface area contributed by atoms with E-state index in [1.807, 2.05) is 38.2 Å². The summed E-state index contributed by atoms with van der Waals surface area (Å²) in [4.78, 5) is 23.9. The minimum absolute atomic E-state index is 0.0934. The molecule has 0 radical (unpaired) electrons. The number of aliphatic hydroxyl groups excluding tert-OH is 1. The van der Waals surface area contributed by atoms with E-state index in [9.17, 15) is 15.2 Å². The van der Waals surface area contributed by atoms with Gasteiger partial charge in [-0.1, -0.05) is 25.0 Å². The number of benzene rings is 1. The van der Waals surface area contributed by atoms with E-state index >= 15 is 0 Å². The van der Waals surface area contributed by atoms with Crippen molar-refractivity contribution < 1.29 is 9.90 Å². The number of hydrogen-bond donors (Lipinski definition) is 2. The smallest absolute Gasteiger partial charge is 0.269 e. The van der Waals surface area contributed by atoms with Gasteiger partial charge in [0.15, 0.2) is 0 Å². The third-order valence-corrected chi connectivity index (χ3v) is 6.63. The Morgan fingerprint density at radius 1 is 1.21 bits per heavy atom. The molecule has 0 bridgehead atoms. The predicted molar refractivity (Wildman–Crippen MR) is 129 cm³/mol. The van der Waals surface area contributed by atoms with Gasteiger partial charge in [-0.05, 0) is 54.8 Å². The van der Waals surface area contributed by atoms with Crippen molar-refractivity contribution in [3.05, 3.63) is 47.4 Å². The zero-order chi connectivity index (χ0) is 23.2. The Balaban J connectivity index is 1.45. The highest BCUT2D eigenvalue weighted by atomic mass is 16.3. The van der Waals surface area contributed by atoms with Crippen LogP contribution in [0.1, 0.15) is 60.3 Å². The molecule has 2 N–H and O–H groups in total. The van der Waals surface area contributed by atoms with E-state index < -0.39 is 0 Å². The molecule has 1 aromatic carbocycles. The van der Waals surface area contributed by atoms with Gasteiger partial charge >= 0.3 is 0 Å². The lowest BCUT2D eigenvalue weighted by molar-refractivity contribution is 0.0792. The van der Waals surface area contributed by atoms with Gasteiger partial charge in [-0.15, -0.1) is 0 Å². The molecule has 2 fully saturated rings. The Morgan fingerprint density at radius 2 is 1.91 bits per heavy atom. The van der Waals surface area contributed by atoms with Crippen LogP contribution in [0.3, 0.4) is 0 Å². The lowest BCUT2D eigenvalue weighted by atomic mass is 9.98. The second-order valence-corrected chi connectivity index (χ2v) is 9.22. The molecule has 1 amide bonds. The van der Waals surface area contributed by atoms with Crippen LogP contribution in [0, 0.1) is 17.2 Å². The molecular weight excluding hydrogens is 415 g/mol. The zero-order valence-corrected chi connectivity index (χ0v) is 19.2. The average Bonchev–Trinajstić information content (AvgIpc) is 3.34. The van der Waals surface area contributed by atoms with Crippen molar-refractivity contribution in [3.63, 3.8) is 0 Å². The minimum atomic E-state index is -0.197. The summed E-state index contributed by atoms with van der Waals surface area (Å²) in [6, 6.07) is 9.68. The average molecular weight is 446 g/mol. The van der Waals surface area contributed by atoms with Crippen molar-refractivity contribution in [1.82, 2.24) is 20.3 Å². The number of nitrogens with zero attached hydrogens (tertiary/aromatic N) is 5. The fourth-order valence-corrected chi connectivity index (χ4v) is 4.68. The van der Waals surface area contributed by atoms with E-state index in [4.69, 9.17) is 0 Å². The van der Waals surface area contributed by atoms with Crippen LogP contribution < -0.4 is 15.9 Å². The molecule has 2 heterocycles. The maximum atomic E-state index is 13.1. The molecule has 0 unspecified atom stereocenters. The molecule has 0 spiro atoms. The molecule has 1 saturated heterocycles. The van der Waals surface area contributed by atoms with Crippen LogP contribution in [0.15, 0.2) is 30.5 Å². The molecule has 1 aliphatic heterocycles. The molecule has 172 valence electrons. The van der Waals surface area contributed by atoms with Gasteiger partial charge in [-0.3, -0.25) is 20.1 Å². The van der Waals surface area contributed by atoms with Crippen molar-refractivity contribution >= 4 is 25.0 Å². The summed E-state index contributed by atoms with van der Waals surface area (Å²) in [7, 11) is 1.89. The Labute approximate surface area is 196 Å². The summed E-state index contributed by atoms with van der Waals surface area (Å²) in [5, 5.41) is 20.7. The molecule has 0 atom stereocenters. The molecule has 2 aliphatic rings. The van der Waals surface area contributed by atoms with Crippen molar-refractivity contribution in [3.8, 4) is 6.07 Å². The van der Waals surface area contributed by atoms with Crippen LogP contribution in [-0.4, -0.2) is 59.5 Å². The maximum absolute atomic E-state index is 13.1. The Kier molecular flexibility index (Phi) is 7.58. The minimum Gasteiger partial charge on any atom is -0.393 e. The van der Waals surface area contributed by atoms with Crippen LogP contribution in [0.25, 0.3) is 0 Å². The molecular formula is C24H31BN6O2. The highest BCUT2D eigenvalue weighted by Crippen LogP contribution is 2.26. The number of likely N-dealkylation sites (tertiary alicyclic amines) is 1. The normalized spacial score (nSPS) is 17.6. The van der Waals surface area contributed by atoms with Crippen LogP contribution in [0.2, 0.25) is 0 Å². The summed E-state index contributed by atoms with van der Waals surface area (Å²) >= 11 is 0. The molecule has 9 heteroatoms. The summed E-state index contributed by atoms with van der Waals surface area (Å²) in [5.74, 6) is 0.953. The molecule has 2 aromatic rings. The van der Waals surface area contributed by atoms with E-state index in [-0.39, 0.29) is 17.8 Å². The van der Waals surface area contributed by atoms with Gasteiger partial charge in [0.05, 0.1) is 6.10 Å². The van der Waals surface area contributed by atoms with Gasteiger partial charge in [0.25, 0.3) is 5.91 Å². The molecule has 8 nitrogen and oxygen atoms in total. The third kappa shape index (κ3) is 6.09. The van der Waals surface area contributed by atoms with Gasteiger partial charge in [0.1, 0.15) is 19.7 Å². The summed E-state index contributed by atoms with van der Waals surface area (Å²) in [6.45, 7) is 3.26. The van der Waals surface area contributed by atoms with Crippen LogP contribution in [0.4, 0.5) is 5.82 Å². The quantitative estimate of drug-likeness (QED) is 0.481. The summed E-state index contributed by atoms with van der Waals surface area (Å²) < 4.78 is 0. The number of anilines is 1. The molecule has 1 saturated carbocycles. The van der Waals surface area contributed by atoms with E-state index in [1.165, 1.54) is 12.8 Å². The van der Waals surface area contributed by atoms with Gasteiger partial charge in [0, 0.05) is 37.9 Å². The van der Waals surface area contributed by atoms with E-state index in [0.29, 0.717) is 23.8 Å². The van der Waals surface area contributed by atoms with Gasteiger partial charge in [-0.2, -0.15) is 5.26 Å². The number of amides is 1. The van der Waals surface area contributed by atoms with Gasteiger partial charge in [-0.25, -0.2) is 9.97 Å². The number of carbonyl (C=O) groups is 1. The zero-order valence-electron chi connectivity index (χ0n) is 19.2. The topological polar surface area (TPSA) is 105 Å². The number of hydrazine groups is 1. The number of nitrogens with one attached hydrogen (secondary N) is 1. The first-order valence-electron chi connectivity index (χ1n) is 11.8. The monoisotopic (exact) mass is 446 g/mol. The largest absolute Gasteiger partial charge is 0.393 e. The van der Waals surface area contributed by atoms with Crippen molar-refractivity contribution in [2.45, 2.75) is 51.2 Å². The van der Waals surface area contributed by atoms with Crippen LogP contribution in [-0.2, 0) is 6.54 Å². The lowest BCUT2D eigenvalue weighted by Crippen LogP contribution is -2.47. The van der Waals surface area contributed by atoms with Gasteiger partial charge in [0.2, 0.25) is 5.82 Å². The first-order chi connectivity index (χ1) is 16.0. The number of carbonyl (C=O) groups excluding carboxylic acids is 1. The van der Waals surface area contributed by atoms with E-state index in [2.05, 4.69) is 20.3 Å². The standard InChI is InChI=1S/C24H31BN6O2/c25-21-14-27-22(13-26)28-23(21)31(16-17-3-1-2-4-17)29-24(33)19-7-5-18(6-8-19)15-30-11-9-20(32)10-12-30/h5-8,14,17,20,32H,1-4,9-12,15-16,25H2,(H,29,33). The van der Waals surface area contributed by atoms with E-state index in [0.717, 1.165) is 56.3 Å². The first kappa shape index (κ1) is 23.2. The van der Waals surface area contributed by atoms with Crippen molar-refractivity contribution in [2.24, 2.45) is 5.92 Å². The molecule has 1 aliphatic carbocycles. The molecule has 1 aromatic heterocycles. The predicted octanol–water partition coefficient (Wildman–Crippen LogP) is 0.905. The summed E-state index contributed by atoms with van der Waals surface area (Å²) in [6.07, 6.45) is 7.74. The number of hydrogen-bond acceptors (Lipinski definition) is 7. The van der Waals surface area contributed by atoms with E-state index in [1.54, 1.807) is 11.2 Å². The van der Waals surface area contributed by atoms with Gasteiger partial charge < -0.3 is 5.11 Å². The number of rotatable bonds is 7. The Morgan fingerprint density at radius 3 is 2.58 bits per heavy atom. The van der Waals surface area contributed by atoms with Crippen LogP contribution >= 0.6 is 0 Å². The third-order valence-electron chi connectivity index (χ3n) is 6.63. The molecule has 33 heavy (non-hydrogen) atoms. The Bertz CT molecular complexity index is 995. The number of aliphatic hydroxyl groups is 1. The lowest BCUT2D eigenvalue weighted by Gasteiger charge is -2.29. The number of aromatic nitrogens is 2. The fourth-order valence-electron chi connectivity index (χ4n) is 4.68. The fraction of sp³-hybridized carbons (Fsp3) is 0.500. The molecule has 4 rings (SSSR count). The first-order valence-corrected chi connectivity index (χ1v) is 11.8. The highest BCUT2D eigenvalue weighted by molar-refractivity contribution is 6.35. The highest BCUT2D eigenvalue weighted by Gasteiger charge is 2.23. The summed E-state index contributed by atoms with van der Waals surface area (Å²) in [5.41, 5.74) is 5.57. The van der Waals surface area contributed by atoms with Crippen LogP contribution in [0.5, 0.6) is 0 Å². The SMILES string of the molecule is Bc1cnc(C#N)nc1N(CC1CCCC1)NC(=O)c1ccc(CN2CCC(O)CC2)cc1. The second-order valence-electron chi connectivity index (χ2n) is 9.22. The van der Waals surface area contributed by atoms with Crippen molar-refractivity contribution in [2.75, 3.05) is 24.6 Å². The number of nitriles is 1.